The second-order valence-corrected chi connectivity index (χ2v) is 5.31. The first-order chi connectivity index (χ1) is 12.8. The zero-order valence-electron chi connectivity index (χ0n) is 14.0. The van der Waals surface area contributed by atoms with Crippen LogP contribution in [-0.4, -0.2) is 31.1 Å². The molecule has 5 nitrogen and oxygen atoms in total. The summed E-state index contributed by atoms with van der Waals surface area (Å²) >= 11 is 0. The molecule has 0 aliphatic rings. The zero-order valence-corrected chi connectivity index (χ0v) is 14.0. The molecule has 2 aromatic carbocycles. The first-order valence-electron chi connectivity index (χ1n) is 7.72. The predicted molar refractivity (Wildman–Crippen MR) is 93.6 cm³/mol. The quantitative estimate of drug-likeness (QED) is 0.761. The normalized spacial score (nSPS) is 10.6. The molecule has 140 valence electrons. The summed E-state index contributed by atoms with van der Waals surface area (Å²) in [4.78, 5) is 24.4. The van der Waals surface area contributed by atoms with Crippen molar-refractivity contribution in [3.63, 3.8) is 0 Å². The third-order valence-corrected chi connectivity index (χ3v) is 3.29. The van der Waals surface area contributed by atoms with Crippen molar-refractivity contribution in [2.45, 2.75) is 6.18 Å². The lowest BCUT2D eigenvalue weighted by Gasteiger charge is -2.12. The van der Waals surface area contributed by atoms with E-state index in [4.69, 9.17) is 6.42 Å². The molecule has 0 unspecified atom stereocenters. The van der Waals surface area contributed by atoms with Gasteiger partial charge in [-0.3, -0.25) is 9.59 Å². The second kappa shape index (κ2) is 8.76. The smallest absolute Gasteiger partial charge is 0.422 e. The Morgan fingerprint density at radius 3 is 2.33 bits per heavy atom. The standard InChI is InChI=1S/C19H15F3N2O3/c1-2-11-23-18(26)15-5-3-4-6-16(15)24-17(25)13-7-9-14(10-8-13)27-12-19(20,21)22/h1,3-10H,11-12H2,(H,23,26)(H,24,25). The van der Waals surface area contributed by atoms with E-state index in [1.807, 2.05) is 0 Å². The van der Waals surface area contributed by atoms with Crippen LogP contribution in [0.2, 0.25) is 0 Å². The summed E-state index contributed by atoms with van der Waals surface area (Å²) in [7, 11) is 0. The summed E-state index contributed by atoms with van der Waals surface area (Å²) in [6.07, 6.45) is 0.655. The Bertz CT molecular complexity index is 856. The van der Waals surface area contributed by atoms with Gasteiger partial charge in [0, 0.05) is 5.56 Å². The summed E-state index contributed by atoms with van der Waals surface area (Å²) < 4.78 is 41.0. The largest absolute Gasteiger partial charge is 0.484 e. The lowest BCUT2D eigenvalue weighted by atomic mass is 10.1. The van der Waals surface area contributed by atoms with E-state index in [1.54, 1.807) is 18.2 Å². The van der Waals surface area contributed by atoms with E-state index in [1.165, 1.54) is 30.3 Å². The van der Waals surface area contributed by atoms with E-state index in [2.05, 4.69) is 21.3 Å². The van der Waals surface area contributed by atoms with Crippen molar-refractivity contribution in [3.8, 4) is 18.1 Å². The van der Waals surface area contributed by atoms with Crippen LogP contribution >= 0.6 is 0 Å². The maximum absolute atomic E-state index is 12.3. The van der Waals surface area contributed by atoms with E-state index in [0.29, 0.717) is 0 Å². The summed E-state index contributed by atoms with van der Waals surface area (Å²) in [6.45, 7) is -1.38. The number of rotatable bonds is 6. The highest BCUT2D eigenvalue weighted by Gasteiger charge is 2.28. The van der Waals surface area contributed by atoms with Crippen LogP contribution in [0, 0.1) is 12.3 Å². The third-order valence-electron chi connectivity index (χ3n) is 3.29. The Labute approximate surface area is 153 Å². The molecule has 0 aliphatic heterocycles. The summed E-state index contributed by atoms with van der Waals surface area (Å²) in [5.74, 6) is 1.28. The van der Waals surface area contributed by atoms with Crippen molar-refractivity contribution in [2.24, 2.45) is 0 Å². The predicted octanol–water partition coefficient (Wildman–Crippen LogP) is 3.24. The molecule has 0 bridgehead atoms. The number of hydrogen-bond acceptors (Lipinski definition) is 3. The van der Waals surface area contributed by atoms with Crippen LogP contribution in [0.3, 0.4) is 0 Å². The Balaban J connectivity index is 2.07. The van der Waals surface area contributed by atoms with Gasteiger partial charge in [-0.25, -0.2) is 0 Å². The Hall–Kier alpha value is -3.47. The second-order valence-electron chi connectivity index (χ2n) is 5.31. The number of alkyl halides is 3. The molecule has 0 saturated carbocycles. The van der Waals surface area contributed by atoms with Gasteiger partial charge in [-0.1, -0.05) is 18.1 Å². The zero-order chi connectivity index (χ0) is 19.9. The first kappa shape index (κ1) is 19.8. The molecule has 0 fully saturated rings. The molecule has 2 aromatic rings. The van der Waals surface area contributed by atoms with Gasteiger partial charge in [0.25, 0.3) is 11.8 Å². The van der Waals surface area contributed by atoms with Gasteiger partial charge in [0.2, 0.25) is 0 Å². The Morgan fingerprint density at radius 2 is 1.70 bits per heavy atom. The molecule has 0 spiro atoms. The molecule has 0 atom stereocenters. The minimum absolute atomic E-state index is 0.0158. The number of benzene rings is 2. The van der Waals surface area contributed by atoms with Crippen LogP contribution in [0.1, 0.15) is 20.7 Å². The van der Waals surface area contributed by atoms with Crippen LogP contribution < -0.4 is 15.4 Å². The van der Waals surface area contributed by atoms with E-state index >= 15 is 0 Å². The van der Waals surface area contributed by atoms with E-state index in [0.717, 1.165) is 0 Å². The highest BCUT2D eigenvalue weighted by Crippen LogP contribution is 2.20. The molecule has 0 saturated heterocycles. The molecule has 8 heteroatoms. The average Bonchev–Trinajstić information content (AvgIpc) is 2.64. The first-order valence-corrected chi connectivity index (χ1v) is 7.72. The van der Waals surface area contributed by atoms with Crippen molar-refractivity contribution in [1.29, 1.82) is 0 Å². The molecule has 0 radical (unpaired) electrons. The molecule has 2 N–H and O–H groups in total. The van der Waals surface area contributed by atoms with Gasteiger partial charge in [-0.15, -0.1) is 6.42 Å². The number of halogens is 3. The highest BCUT2D eigenvalue weighted by molar-refractivity contribution is 6.09. The number of terminal acetylenes is 1. The number of hydrogen-bond donors (Lipinski definition) is 2. The number of nitrogens with one attached hydrogen (secondary N) is 2. The average molecular weight is 376 g/mol. The van der Waals surface area contributed by atoms with Crippen LogP contribution in [0.25, 0.3) is 0 Å². The van der Waals surface area contributed by atoms with Crippen molar-refractivity contribution in [2.75, 3.05) is 18.5 Å². The fraction of sp³-hybridized carbons (Fsp3) is 0.158. The van der Waals surface area contributed by atoms with Crippen LogP contribution in [0.4, 0.5) is 18.9 Å². The van der Waals surface area contributed by atoms with E-state index in [-0.39, 0.29) is 29.1 Å². The molecule has 0 aliphatic carbocycles. The molecule has 27 heavy (non-hydrogen) atoms. The molecule has 2 rings (SSSR count). The lowest BCUT2D eigenvalue weighted by molar-refractivity contribution is -0.153. The summed E-state index contributed by atoms with van der Waals surface area (Å²) in [6, 6.07) is 11.5. The monoisotopic (exact) mass is 376 g/mol. The lowest BCUT2D eigenvalue weighted by Crippen LogP contribution is -2.25. The Morgan fingerprint density at radius 1 is 1.04 bits per heavy atom. The number of carbonyl (C=O) groups is 2. The minimum Gasteiger partial charge on any atom is -0.484 e. The fourth-order valence-corrected chi connectivity index (χ4v) is 2.08. The van der Waals surface area contributed by atoms with Crippen molar-refractivity contribution in [3.05, 3.63) is 59.7 Å². The van der Waals surface area contributed by atoms with Crippen LogP contribution in [-0.2, 0) is 0 Å². The van der Waals surface area contributed by atoms with Gasteiger partial charge in [-0.2, -0.15) is 13.2 Å². The number of amides is 2. The molecule has 0 heterocycles. The summed E-state index contributed by atoms with van der Waals surface area (Å²) in [5.41, 5.74) is 0.689. The van der Waals surface area contributed by atoms with E-state index < -0.39 is 24.6 Å². The van der Waals surface area contributed by atoms with Crippen molar-refractivity contribution >= 4 is 17.5 Å². The number of anilines is 1. The summed E-state index contributed by atoms with van der Waals surface area (Å²) in [5, 5.41) is 5.09. The van der Waals surface area contributed by atoms with E-state index in [9.17, 15) is 22.8 Å². The van der Waals surface area contributed by atoms with Gasteiger partial charge in [0.15, 0.2) is 6.61 Å². The minimum atomic E-state index is -4.44. The molecular weight excluding hydrogens is 361 g/mol. The third kappa shape index (κ3) is 6.08. The van der Waals surface area contributed by atoms with Gasteiger partial charge in [0.05, 0.1) is 17.8 Å². The topological polar surface area (TPSA) is 67.4 Å². The maximum Gasteiger partial charge on any atom is 0.422 e. The number of para-hydroxylation sites is 1. The van der Waals surface area contributed by atoms with Crippen molar-refractivity contribution in [1.82, 2.24) is 5.32 Å². The number of ether oxygens (including phenoxy) is 1. The molecule has 0 aromatic heterocycles. The molecule has 2 amide bonds. The molecular formula is C19H15F3N2O3. The van der Waals surface area contributed by atoms with Gasteiger partial charge < -0.3 is 15.4 Å². The van der Waals surface area contributed by atoms with Gasteiger partial charge >= 0.3 is 6.18 Å². The number of carbonyl (C=O) groups excluding carboxylic acids is 2. The maximum atomic E-state index is 12.3. The Kier molecular flexibility index (Phi) is 6.44. The van der Waals surface area contributed by atoms with Crippen LogP contribution in [0.15, 0.2) is 48.5 Å². The highest BCUT2D eigenvalue weighted by atomic mass is 19.4. The van der Waals surface area contributed by atoms with Gasteiger partial charge in [-0.05, 0) is 36.4 Å². The fourth-order valence-electron chi connectivity index (χ4n) is 2.08. The van der Waals surface area contributed by atoms with Crippen molar-refractivity contribution < 1.29 is 27.5 Å². The van der Waals surface area contributed by atoms with Crippen LogP contribution in [0.5, 0.6) is 5.75 Å². The van der Waals surface area contributed by atoms with Gasteiger partial charge in [0.1, 0.15) is 5.75 Å². The SMILES string of the molecule is C#CCNC(=O)c1ccccc1NC(=O)c1ccc(OCC(F)(F)F)cc1.